The van der Waals surface area contributed by atoms with Gasteiger partial charge in [-0.1, -0.05) is 35.3 Å². The molecule has 0 aliphatic heterocycles. The van der Waals surface area contributed by atoms with Crippen molar-refractivity contribution >= 4 is 29.3 Å². The molecule has 2 rings (SSSR count). The molecule has 0 bridgehead atoms. The smallest absolute Gasteiger partial charge is 0.211 e. The highest BCUT2D eigenvalue weighted by molar-refractivity contribution is 6.42. The second-order valence-corrected chi connectivity index (χ2v) is 4.12. The van der Waals surface area contributed by atoms with E-state index in [9.17, 15) is 4.79 Å². The van der Waals surface area contributed by atoms with E-state index in [2.05, 4.69) is 4.99 Å². The summed E-state index contributed by atoms with van der Waals surface area (Å²) in [4.78, 5) is 14.1. The van der Waals surface area contributed by atoms with E-state index in [0.29, 0.717) is 10.0 Å². The second kappa shape index (κ2) is 3.39. The van der Waals surface area contributed by atoms with Crippen molar-refractivity contribution in [2.45, 2.75) is 18.4 Å². The van der Waals surface area contributed by atoms with E-state index in [4.69, 9.17) is 23.2 Å². The van der Waals surface area contributed by atoms with Gasteiger partial charge in [-0.25, -0.2) is 4.79 Å². The first-order chi connectivity index (χ1) is 6.69. The quantitative estimate of drug-likeness (QED) is 0.563. The molecule has 0 spiro atoms. The fourth-order valence-electron chi connectivity index (χ4n) is 1.51. The number of carbonyl (C=O) groups excluding carboxylic acids is 1. The Morgan fingerprint density at radius 3 is 2.64 bits per heavy atom. The summed E-state index contributed by atoms with van der Waals surface area (Å²) in [7, 11) is 0. The van der Waals surface area contributed by atoms with Gasteiger partial charge in [-0.05, 0) is 18.9 Å². The summed E-state index contributed by atoms with van der Waals surface area (Å²) >= 11 is 11.9. The predicted molar refractivity (Wildman–Crippen MR) is 55.5 cm³/mol. The molecule has 0 unspecified atom stereocenters. The summed E-state index contributed by atoms with van der Waals surface area (Å²) in [5, 5.41) is 0.988. The molecule has 1 fully saturated rings. The van der Waals surface area contributed by atoms with Gasteiger partial charge in [0.15, 0.2) is 0 Å². The van der Waals surface area contributed by atoms with Gasteiger partial charge in [-0.15, -0.1) is 0 Å². The topological polar surface area (TPSA) is 29.4 Å². The minimum absolute atomic E-state index is 0.441. The number of hydrogen-bond donors (Lipinski definition) is 0. The average Bonchev–Trinajstić information content (AvgIpc) is 2.91. The fourth-order valence-corrected chi connectivity index (χ4v) is 1.99. The minimum atomic E-state index is -0.441. The first-order valence-corrected chi connectivity index (χ1v) is 4.99. The molecule has 2 nitrogen and oxygen atoms in total. The maximum absolute atomic E-state index is 10.3. The van der Waals surface area contributed by atoms with Gasteiger partial charge in [0.05, 0.1) is 15.6 Å². The fraction of sp³-hybridized carbons (Fsp3) is 0.300. The van der Waals surface area contributed by atoms with Crippen molar-refractivity contribution in [1.82, 2.24) is 0 Å². The van der Waals surface area contributed by atoms with E-state index in [-0.39, 0.29) is 0 Å². The molecule has 14 heavy (non-hydrogen) atoms. The zero-order chi connectivity index (χ0) is 10.2. The van der Waals surface area contributed by atoms with Crippen molar-refractivity contribution in [2.75, 3.05) is 0 Å². The molecule has 1 saturated carbocycles. The van der Waals surface area contributed by atoms with Gasteiger partial charge in [-0.2, -0.15) is 4.99 Å². The Balaban J connectivity index is 2.52. The van der Waals surface area contributed by atoms with Crippen molar-refractivity contribution in [3.05, 3.63) is 33.8 Å². The Labute approximate surface area is 91.5 Å². The molecule has 0 saturated heterocycles. The van der Waals surface area contributed by atoms with Crippen LogP contribution in [0.25, 0.3) is 0 Å². The lowest BCUT2D eigenvalue weighted by atomic mass is 10.1. The molecule has 1 aromatic rings. The van der Waals surface area contributed by atoms with Gasteiger partial charge in [0.2, 0.25) is 6.08 Å². The normalized spacial score (nSPS) is 17.3. The summed E-state index contributed by atoms with van der Waals surface area (Å²) in [5.74, 6) is 0. The lowest BCUT2D eigenvalue weighted by molar-refractivity contribution is 0.556. The molecular formula is C10H7Cl2NO. The monoisotopic (exact) mass is 227 g/mol. The van der Waals surface area contributed by atoms with Crippen molar-refractivity contribution < 1.29 is 4.79 Å². The number of halogens is 2. The standard InChI is InChI=1S/C10H7Cl2NO/c11-8-3-1-2-7(9(8)12)10(4-5-10)13-6-14/h1-3H,4-5H2. The van der Waals surface area contributed by atoms with E-state index in [1.165, 1.54) is 0 Å². The SMILES string of the molecule is O=C=NC1(c2cccc(Cl)c2Cl)CC1. The van der Waals surface area contributed by atoms with E-state index in [0.717, 1.165) is 18.4 Å². The predicted octanol–water partition coefficient (Wildman–Crippen LogP) is 3.32. The molecule has 1 aliphatic rings. The molecule has 0 N–H and O–H groups in total. The van der Waals surface area contributed by atoms with Crippen LogP contribution < -0.4 is 0 Å². The van der Waals surface area contributed by atoms with Gasteiger partial charge in [0.25, 0.3) is 0 Å². The molecule has 72 valence electrons. The van der Waals surface area contributed by atoms with Crippen molar-refractivity contribution in [3.8, 4) is 0 Å². The maximum Gasteiger partial charge on any atom is 0.235 e. The number of benzene rings is 1. The molecule has 0 radical (unpaired) electrons. The first-order valence-electron chi connectivity index (χ1n) is 4.23. The lowest BCUT2D eigenvalue weighted by Gasteiger charge is -2.10. The summed E-state index contributed by atoms with van der Waals surface area (Å²) < 4.78 is 0. The highest BCUT2D eigenvalue weighted by Gasteiger charge is 2.46. The van der Waals surface area contributed by atoms with Crippen LogP contribution in [-0.4, -0.2) is 6.08 Å². The highest BCUT2D eigenvalue weighted by atomic mass is 35.5. The first kappa shape index (κ1) is 9.72. The number of hydrogen-bond acceptors (Lipinski definition) is 2. The highest BCUT2D eigenvalue weighted by Crippen LogP contribution is 2.52. The van der Waals surface area contributed by atoms with Gasteiger partial charge < -0.3 is 0 Å². The molecule has 0 atom stereocenters. The average molecular weight is 228 g/mol. The van der Waals surface area contributed by atoms with Crippen molar-refractivity contribution in [1.29, 1.82) is 0 Å². The molecule has 1 aromatic carbocycles. The lowest BCUT2D eigenvalue weighted by Crippen LogP contribution is -2.03. The Kier molecular flexibility index (Phi) is 2.36. The van der Waals surface area contributed by atoms with Gasteiger partial charge in [0, 0.05) is 5.56 Å². The summed E-state index contributed by atoms with van der Waals surface area (Å²) in [6.45, 7) is 0. The van der Waals surface area contributed by atoms with Crippen LogP contribution in [0.4, 0.5) is 0 Å². The van der Waals surface area contributed by atoms with Crippen LogP contribution >= 0.6 is 23.2 Å². The number of isocyanates is 1. The molecule has 0 heterocycles. The zero-order valence-corrected chi connectivity index (χ0v) is 8.77. The van der Waals surface area contributed by atoms with Crippen LogP contribution in [0.1, 0.15) is 18.4 Å². The van der Waals surface area contributed by atoms with E-state index < -0.39 is 5.54 Å². The van der Waals surface area contributed by atoms with Crippen LogP contribution in [0.5, 0.6) is 0 Å². The van der Waals surface area contributed by atoms with Crippen LogP contribution in [0, 0.1) is 0 Å². The Morgan fingerprint density at radius 2 is 2.07 bits per heavy atom. The Morgan fingerprint density at radius 1 is 1.36 bits per heavy atom. The minimum Gasteiger partial charge on any atom is -0.211 e. The van der Waals surface area contributed by atoms with Gasteiger partial charge in [-0.3, -0.25) is 0 Å². The van der Waals surface area contributed by atoms with Crippen molar-refractivity contribution in [2.24, 2.45) is 4.99 Å². The van der Waals surface area contributed by atoms with Crippen LogP contribution in [-0.2, 0) is 10.3 Å². The number of rotatable bonds is 2. The number of aliphatic imine (C=N–C) groups is 1. The summed E-state index contributed by atoms with van der Waals surface area (Å²) in [6.07, 6.45) is 3.26. The van der Waals surface area contributed by atoms with E-state index >= 15 is 0 Å². The molecule has 0 aromatic heterocycles. The third-order valence-electron chi connectivity index (χ3n) is 2.44. The van der Waals surface area contributed by atoms with Gasteiger partial charge >= 0.3 is 0 Å². The number of nitrogens with zero attached hydrogens (tertiary/aromatic N) is 1. The van der Waals surface area contributed by atoms with Crippen LogP contribution in [0.3, 0.4) is 0 Å². The third-order valence-corrected chi connectivity index (χ3v) is 3.26. The maximum atomic E-state index is 10.3. The van der Waals surface area contributed by atoms with E-state index in [1.807, 2.05) is 12.1 Å². The second-order valence-electron chi connectivity index (χ2n) is 3.34. The van der Waals surface area contributed by atoms with Gasteiger partial charge in [0.1, 0.15) is 0 Å². The molecule has 4 heteroatoms. The zero-order valence-electron chi connectivity index (χ0n) is 7.26. The van der Waals surface area contributed by atoms with Crippen LogP contribution in [0.15, 0.2) is 23.2 Å². The van der Waals surface area contributed by atoms with Crippen LogP contribution in [0.2, 0.25) is 10.0 Å². The Bertz CT molecular complexity index is 420. The Hall–Kier alpha value is -0.820. The van der Waals surface area contributed by atoms with Crippen molar-refractivity contribution in [3.63, 3.8) is 0 Å². The molecule has 0 amide bonds. The largest absolute Gasteiger partial charge is 0.235 e. The third kappa shape index (κ3) is 1.46. The summed E-state index contributed by atoms with van der Waals surface area (Å²) in [5.41, 5.74) is 0.388. The van der Waals surface area contributed by atoms with E-state index in [1.54, 1.807) is 12.1 Å². The molecule has 1 aliphatic carbocycles. The summed E-state index contributed by atoms with van der Waals surface area (Å²) in [6, 6.07) is 5.38. The molecular weight excluding hydrogens is 221 g/mol.